The van der Waals surface area contributed by atoms with E-state index in [1.54, 1.807) is 24.6 Å². The molecule has 0 spiro atoms. The van der Waals surface area contributed by atoms with Gasteiger partial charge in [-0.2, -0.15) is 0 Å². The molecule has 5 heteroatoms. The first-order valence-corrected chi connectivity index (χ1v) is 7.52. The average Bonchev–Trinajstić information content (AvgIpc) is 2.88. The van der Waals surface area contributed by atoms with E-state index in [1.807, 2.05) is 12.1 Å². The maximum atomic E-state index is 5.23. The molecule has 2 heterocycles. The van der Waals surface area contributed by atoms with Gasteiger partial charge in [0.05, 0.1) is 12.8 Å². The molecule has 0 aliphatic heterocycles. The fourth-order valence-electron chi connectivity index (χ4n) is 1.78. The number of thiazole rings is 1. The number of nitrogens with one attached hydrogen (secondary N) is 1. The van der Waals surface area contributed by atoms with Crippen LogP contribution in [0.5, 0.6) is 5.88 Å². The molecule has 1 N–H and O–H groups in total. The van der Waals surface area contributed by atoms with Gasteiger partial charge in [0.2, 0.25) is 5.88 Å². The summed E-state index contributed by atoms with van der Waals surface area (Å²) in [5.74, 6) is 0.675. The Morgan fingerprint density at radius 1 is 1.30 bits per heavy atom. The number of rotatable bonds is 5. The van der Waals surface area contributed by atoms with Crippen LogP contribution in [0.25, 0.3) is 0 Å². The van der Waals surface area contributed by atoms with Gasteiger partial charge in [0, 0.05) is 35.6 Å². The number of pyridine rings is 1. The molecule has 2 rings (SSSR count). The largest absolute Gasteiger partial charge is 0.481 e. The minimum atomic E-state index is 0.112. The van der Waals surface area contributed by atoms with Crippen LogP contribution in [0.1, 0.15) is 37.0 Å². The fraction of sp³-hybridized carbons (Fsp3) is 0.467. The number of hydrogen-bond acceptors (Lipinski definition) is 5. The molecule has 2 aromatic heterocycles. The molecule has 0 aliphatic carbocycles. The van der Waals surface area contributed by atoms with Crippen LogP contribution in [0.15, 0.2) is 23.7 Å². The van der Waals surface area contributed by atoms with Crippen molar-refractivity contribution in [2.24, 2.45) is 0 Å². The van der Waals surface area contributed by atoms with E-state index in [0.29, 0.717) is 5.88 Å². The van der Waals surface area contributed by atoms with Gasteiger partial charge in [0.25, 0.3) is 0 Å². The van der Waals surface area contributed by atoms with Crippen molar-refractivity contribution in [2.45, 2.75) is 39.3 Å². The average molecular weight is 291 g/mol. The highest BCUT2D eigenvalue weighted by Gasteiger charge is 2.17. The minimum absolute atomic E-state index is 0.112. The quantitative estimate of drug-likeness (QED) is 0.919. The van der Waals surface area contributed by atoms with Crippen LogP contribution in [0.2, 0.25) is 0 Å². The van der Waals surface area contributed by atoms with E-state index < -0.39 is 0 Å². The number of nitrogens with zero attached hydrogens (tertiary/aromatic N) is 2. The molecular formula is C15H21N3OS. The summed E-state index contributed by atoms with van der Waals surface area (Å²) in [6.07, 6.45) is 1.73. The first-order valence-electron chi connectivity index (χ1n) is 6.64. The Labute approximate surface area is 124 Å². The zero-order chi connectivity index (χ0) is 14.6. The van der Waals surface area contributed by atoms with E-state index in [4.69, 9.17) is 4.74 Å². The molecule has 0 saturated carbocycles. The zero-order valence-electron chi connectivity index (χ0n) is 12.4. The Morgan fingerprint density at radius 2 is 2.10 bits per heavy atom. The van der Waals surface area contributed by atoms with Crippen LogP contribution >= 0.6 is 11.3 Å². The van der Waals surface area contributed by atoms with E-state index in [1.165, 1.54) is 0 Å². The van der Waals surface area contributed by atoms with Crippen LogP contribution in [-0.2, 0) is 18.5 Å². The number of aromatic nitrogens is 2. The van der Waals surface area contributed by atoms with Gasteiger partial charge in [-0.15, -0.1) is 11.3 Å². The van der Waals surface area contributed by atoms with Crippen molar-refractivity contribution in [3.63, 3.8) is 0 Å². The molecule has 20 heavy (non-hydrogen) atoms. The van der Waals surface area contributed by atoms with Gasteiger partial charge >= 0.3 is 0 Å². The van der Waals surface area contributed by atoms with Crippen molar-refractivity contribution in [3.8, 4) is 5.88 Å². The van der Waals surface area contributed by atoms with Crippen molar-refractivity contribution < 1.29 is 4.74 Å². The van der Waals surface area contributed by atoms with Crippen LogP contribution in [0.4, 0.5) is 0 Å². The second-order valence-corrected chi connectivity index (χ2v) is 6.59. The second kappa shape index (κ2) is 6.33. The fourth-order valence-corrected chi connectivity index (χ4v) is 2.77. The highest BCUT2D eigenvalue weighted by molar-refractivity contribution is 7.09. The number of hydrogen-bond donors (Lipinski definition) is 1. The summed E-state index contributed by atoms with van der Waals surface area (Å²) in [6, 6.07) is 3.93. The third-order valence-electron chi connectivity index (χ3n) is 2.96. The first-order chi connectivity index (χ1) is 9.50. The normalized spacial score (nSPS) is 11.6. The van der Waals surface area contributed by atoms with E-state index in [-0.39, 0.29) is 5.41 Å². The Balaban J connectivity index is 1.91. The Hall–Kier alpha value is -1.46. The molecule has 0 saturated heterocycles. The van der Waals surface area contributed by atoms with Gasteiger partial charge < -0.3 is 10.1 Å². The SMILES string of the molecule is COc1ncccc1CNCc1nc(C(C)(C)C)cs1. The summed E-state index contributed by atoms with van der Waals surface area (Å²) in [6.45, 7) is 8.03. The molecule has 0 atom stereocenters. The lowest BCUT2D eigenvalue weighted by molar-refractivity contribution is 0.390. The van der Waals surface area contributed by atoms with Crippen molar-refractivity contribution in [2.75, 3.05) is 7.11 Å². The minimum Gasteiger partial charge on any atom is -0.481 e. The molecule has 0 aliphatic rings. The topological polar surface area (TPSA) is 47.0 Å². The van der Waals surface area contributed by atoms with Crippen LogP contribution < -0.4 is 10.1 Å². The number of methoxy groups -OCH3 is 1. The summed E-state index contributed by atoms with van der Waals surface area (Å²) >= 11 is 1.70. The smallest absolute Gasteiger partial charge is 0.217 e. The molecular weight excluding hydrogens is 270 g/mol. The highest BCUT2D eigenvalue weighted by Crippen LogP contribution is 2.23. The lowest BCUT2D eigenvalue weighted by atomic mass is 9.93. The lowest BCUT2D eigenvalue weighted by Gasteiger charge is -2.14. The summed E-state index contributed by atoms with van der Waals surface area (Å²) in [5, 5.41) is 6.63. The molecule has 108 valence electrons. The van der Waals surface area contributed by atoms with Crippen molar-refractivity contribution in [3.05, 3.63) is 40.0 Å². The van der Waals surface area contributed by atoms with Crippen LogP contribution in [0.3, 0.4) is 0 Å². The Kier molecular flexibility index (Phi) is 4.73. The van der Waals surface area contributed by atoms with Gasteiger partial charge in [-0.25, -0.2) is 9.97 Å². The third kappa shape index (κ3) is 3.77. The Morgan fingerprint density at radius 3 is 2.75 bits per heavy atom. The van der Waals surface area contributed by atoms with Crippen LogP contribution in [0, 0.1) is 0 Å². The van der Waals surface area contributed by atoms with Crippen LogP contribution in [-0.4, -0.2) is 17.1 Å². The van der Waals surface area contributed by atoms with Crippen molar-refractivity contribution in [1.29, 1.82) is 0 Å². The summed E-state index contributed by atoms with van der Waals surface area (Å²) in [7, 11) is 1.64. The highest BCUT2D eigenvalue weighted by atomic mass is 32.1. The standard InChI is InChI=1S/C15H21N3OS/c1-15(2,3)12-10-20-13(18-12)9-16-8-11-6-5-7-17-14(11)19-4/h5-7,10,16H,8-9H2,1-4H3. The van der Waals surface area contributed by atoms with Gasteiger partial charge in [-0.1, -0.05) is 26.8 Å². The van der Waals surface area contributed by atoms with Crippen molar-refractivity contribution >= 4 is 11.3 Å². The molecule has 0 bridgehead atoms. The molecule has 0 fully saturated rings. The van der Waals surface area contributed by atoms with Gasteiger partial charge in [-0.05, 0) is 6.07 Å². The van der Waals surface area contributed by atoms with Crippen molar-refractivity contribution in [1.82, 2.24) is 15.3 Å². The molecule has 0 amide bonds. The summed E-state index contributed by atoms with van der Waals surface area (Å²) in [4.78, 5) is 8.85. The summed E-state index contributed by atoms with van der Waals surface area (Å²) in [5.41, 5.74) is 2.32. The number of ether oxygens (including phenoxy) is 1. The third-order valence-corrected chi connectivity index (χ3v) is 3.80. The summed E-state index contributed by atoms with van der Waals surface area (Å²) < 4.78 is 5.23. The van der Waals surface area contributed by atoms with E-state index in [2.05, 4.69) is 41.4 Å². The lowest BCUT2D eigenvalue weighted by Crippen LogP contribution is -2.15. The maximum Gasteiger partial charge on any atom is 0.217 e. The molecule has 2 aromatic rings. The van der Waals surface area contributed by atoms with E-state index >= 15 is 0 Å². The molecule has 0 aromatic carbocycles. The van der Waals surface area contributed by atoms with Gasteiger partial charge in [0.15, 0.2) is 0 Å². The monoisotopic (exact) mass is 291 g/mol. The zero-order valence-corrected chi connectivity index (χ0v) is 13.3. The first kappa shape index (κ1) is 14.9. The molecule has 0 unspecified atom stereocenters. The predicted molar refractivity (Wildman–Crippen MR) is 82.1 cm³/mol. The van der Waals surface area contributed by atoms with E-state index in [9.17, 15) is 0 Å². The second-order valence-electron chi connectivity index (χ2n) is 5.65. The van der Waals surface area contributed by atoms with Gasteiger partial charge in [0.1, 0.15) is 5.01 Å². The Bertz CT molecular complexity index is 560. The molecule has 0 radical (unpaired) electrons. The van der Waals surface area contributed by atoms with E-state index in [0.717, 1.165) is 29.4 Å². The molecule has 4 nitrogen and oxygen atoms in total. The predicted octanol–water partition coefficient (Wildman–Crippen LogP) is 3.13. The van der Waals surface area contributed by atoms with Gasteiger partial charge in [-0.3, -0.25) is 0 Å². The maximum absolute atomic E-state index is 5.23.